The summed E-state index contributed by atoms with van der Waals surface area (Å²) in [6.45, 7) is 0.282. The Morgan fingerprint density at radius 1 is 1.44 bits per heavy atom. The van der Waals surface area contributed by atoms with Gasteiger partial charge in [-0.15, -0.1) is 5.10 Å². The average Bonchev–Trinajstić information content (AvgIpc) is 2.97. The molecule has 3 aromatic rings. The first-order valence-corrected chi connectivity index (χ1v) is 5.82. The molecule has 0 spiro atoms. The molecule has 0 bridgehead atoms. The molecule has 9 heteroatoms. The van der Waals surface area contributed by atoms with Crippen molar-refractivity contribution in [2.45, 2.75) is 6.54 Å². The predicted molar refractivity (Wildman–Crippen MR) is 61.6 cm³/mol. The van der Waals surface area contributed by atoms with Crippen molar-refractivity contribution in [1.29, 1.82) is 0 Å². The van der Waals surface area contributed by atoms with E-state index in [1.54, 1.807) is 5.51 Å². The number of rotatable bonds is 3. The van der Waals surface area contributed by atoms with E-state index in [-0.39, 0.29) is 17.8 Å². The molecule has 0 aromatic carbocycles. The van der Waals surface area contributed by atoms with Crippen LogP contribution in [0.25, 0.3) is 4.96 Å². The van der Waals surface area contributed by atoms with E-state index >= 15 is 0 Å². The molecule has 3 heterocycles. The Balaban J connectivity index is 1.99. The van der Waals surface area contributed by atoms with Gasteiger partial charge in [-0.1, -0.05) is 16.6 Å². The minimum atomic E-state index is -0.244. The minimum absolute atomic E-state index is 0.241. The molecule has 3 aromatic heterocycles. The second-order valence-corrected chi connectivity index (χ2v) is 4.29. The van der Waals surface area contributed by atoms with Gasteiger partial charge in [0.15, 0.2) is 6.29 Å². The second-order valence-electron chi connectivity index (χ2n) is 3.48. The molecule has 0 saturated carbocycles. The van der Waals surface area contributed by atoms with Gasteiger partial charge >= 0.3 is 0 Å². The monoisotopic (exact) mass is 262 g/mol. The van der Waals surface area contributed by atoms with Gasteiger partial charge in [0.25, 0.3) is 5.56 Å². The maximum Gasteiger partial charge on any atom is 0.275 e. The van der Waals surface area contributed by atoms with E-state index in [4.69, 9.17) is 0 Å². The summed E-state index contributed by atoms with van der Waals surface area (Å²) in [5.41, 5.74) is 2.09. The van der Waals surface area contributed by atoms with Crippen LogP contribution in [0.2, 0.25) is 0 Å². The fraction of sp³-hybridized carbons (Fsp3) is 0.111. The standard InChI is InChI=1S/C9H6N6O2S/c16-4-7-3-14(13-12-7)2-6-1-8(17)15-9(11-6)18-5-10-15/h1,3-5H,2H2. The van der Waals surface area contributed by atoms with Crippen LogP contribution in [0.5, 0.6) is 0 Å². The van der Waals surface area contributed by atoms with Gasteiger partial charge in [0.05, 0.1) is 18.4 Å². The Morgan fingerprint density at radius 2 is 2.33 bits per heavy atom. The zero-order valence-electron chi connectivity index (χ0n) is 8.92. The predicted octanol–water partition coefficient (Wildman–Crippen LogP) is -0.397. The highest BCUT2D eigenvalue weighted by atomic mass is 32.1. The SMILES string of the molecule is O=Cc1cn(Cc2cc(=O)n3ncsc3n2)nn1. The highest BCUT2D eigenvalue weighted by molar-refractivity contribution is 7.14. The highest BCUT2D eigenvalue weighted by Crippen LogP contribution is 2.04. The molecule has 0 fully saturated rings. The lowest BCUT2D eigenvalue weighted by atomic mass is 10.4. The first kappa shape index (κ1) is 10.7. The summed E-state index contributed by atoms with van der Waals surface area (Å²) in [6, 6.07) is 1.38. The maximum absolute atomic E-state index is 11.7. The Kier molecular flexibility index (Phi) is 2.45. The topological polar surface area (TPSA) is 95.0 Å². The number of fused-ring (bicyclic) bond motifs is 1. The zero-order chi connectivity index (χ0) is 12.5. The van der Waals surface area contributed by atoms with Crippen molar-refractivity contribution in [3.63, 3.8) is 0 Å². The van der Waals surface area contributed by atoms with E-state index in [9.17, 15) is 9.59 Å². The van der Waals surface area contributed by atoms with Gasteiger partial charge in [-0.3, -0.25) is 9.59 Å². The summed E-state index contributed by atoms with van der Waals surface area (Å²) in [5.74, 6) is 0. The lowest BCUT2D eigenvalue weighted by molar-refractivity contribution is 0.111. The molecule has 0 aliphatic heterocycles. The van der Waals surface area contributed by atoms with Gasteiger partial charge in [0.1, 0.15) is 11.2 Å². The third-order valence-electron chi connectivity index (χ3n) is 2.24. The highest BCUT2D eigenvalue weighted by Gasteiger charge is 2.06. The molecule has 0 aliphatic carbocycles. The van der Waals surface area contributed by atoms with E-state index < -0.39 is 0 Å². The number of carbonyl (C=O) groups is 1. The van der Waals surface area contributed by atoms with Crippen molar-refractivity contribution in [1.82, 2.24) is 29.6 Å². The van der Waals surface area contributed by atoms with Gasteiger partial charge in [-0.2, -0.15) is 9.61 Å². The second kappa shape index (κ2) is 4.11. The summed E-state index contributed by atoms with van der Waals surface area (Å²) in [5, 5.41) is 11.2. The van der Waals surface area contributed by atoms with Crippen molar-refractivity contribution >= 4 is 22.6 Å². The van der Waals surface area contributed by atoms with Crippen molar-refractivity contribution in [2.24, 2.45) is 0 Å². The number of nitrogens with zero attached hydrogens (tertiary/aromatic N) is 6. The summed E-state index contributed by atoms with van der Waals surface area (Å²) in [4.78, 5) is 26.9. The summed E-state index contributed by atoms with van der Waals surface area (Å²) in [7, 11) is 0. The third-order valence-corrected chi connectivity index (χ3v) is 2.92. The van der Waals surface area contributed by atoms with Crippen LogP contribution in [0, 0.1) is 0 Å². The van der Waals surface area contributed by atoms with Crippen molar-refractivity contribution in [3.8, 4) is 0 Å². The Bertz CT molecular complexity index is 773. The lowest BCUT2D eigenvalue weighted by Crippen LogP contribution is -2.16. The number of hydrogen-bond donors (Lipinski definition) is 0. The van der Waals surface area contributed by atoms with Crippen molar-refractivity contribution in [3.05, 3.63) is 39.5 Å². The van der Waals surface area contributed by atoms with Crippen LogP contribution in [0.4, 0.5) is 0 Å². The Labute approximate surface area is 104 Å². The van der Waals surface area contributed by atoms with Crippen LogP contribution < -0.4 is 5.56 Å². The molecule has 90 valence electrons. The molecule has 8 nitrogen and oxygen atoms in total. The van der Waals surface area contributed by atoms with Crippen LogP contribution in [0.3, 0.4) is 0 Å². The average molecular weight is 262 g/mol. The molecular formula is C9H6N6O2S. The van der Waals surface area contributed by atoms with Gasteiger partial charge in [0.2, 0.25) is 4.96 Å². The molecule has 0 radical (unpaired) electrons. The Morgan fingerprint density at radius 3 is 3.11 bits per heavy atom. The molecule has 3 rings (SSSR count). The largest absolute Gasteiger partial charge is 0.296 e. The van der Waals surface area contributed by atoms with Gasteiger partial charge < -0.3 is 0 Å². The van der Waals surface area contributed by atoms with Crippen LogP contribution in [-0.4, -0.2) is 35.9 Å². The molecule has 18 heavy (non-hydrogen) atoms. The van der Waals surface area contributed by atoms with E-state index in [1.807, 2.05) is 0 Å². The maximum atomic E-state index is 11.7. The van der Waals surface area contributed by atoms with Crippen LogP contribution in [0.15, 0.2) is 22.6 Å². The number of carbonyl (C=O) groups excluding carboxylic acids is 1. The number of hydrogen-bond acceptors (Lipinski definition) is 7. The first-order chi connectivity index (χ1) is 8.76. The number of aldehydes is 1. The molecule has 0 saturated heterocycles. The van der Waals surface area contributed by atoms with E-state index in [0.29, 0.717) is 16.9 Å². The molecule has 0 N–H and O–H groups in total. The quantitative estimate of drug-likeness (QED) is 0.596. The van der Waals surface area contributed by atoms with E-state index in [0.717, 1.165) is 0 Å². The summed E-state index contributed by atoms with van der Waals surface area (Å²) in [6.07, 6.45) is 2.10. The molecule has 0 amide bonds. The first-order valence-electron chi connectivity index (χ1n) is 4.94. The van der Waals surface area contributed by atoms with Crippen molar-refractivity contribution in [2.75, 3.05) is 0 Å². The smallest absolute Gasteiger partial charge is 0.275 e. The molecule has 0 unspecified atom stereocenters. The van der Waals surface area contributed by atoms with Crippen LogP contribution >= 0.6 is 11.3 Å². The fourth-order valence-corrected chi connectivity index (χ4v) is 2.14. The van der Waals surface area contributed by atoms with Crippen LogP contribution in [-0.2, 0) is 6.54 Å². The molecule has 0 aliphatic rings. The lowest BCUT2D eigenvalue weighted by Gasteiger charge is -1.99. The van der Waals surface area contributed by atoms with Crippen LogP contribution in [0.1, 0.15) is 16.2 Å². The fourth-order valence-electron chi connectivity index (χ4n) is 1.49. The molecular weight excluding hydrogens is 256 g/mol. The molecule has 0 atom stereocenters. The van der Waals surface area contributed by atoms with Gasteiger partial charge in [-0.25, -0.2) is 9.67 Å². The summed E-state index contributed by atoms with van der Waals surface area (Å²) < 4.78 is 2.68. The normalized spacial score (nSPS) is 10.9. The minimum Gasteiger partial charge on any atom is -0.296 e. The van der Waals surface area contributed by atoms with Gasteiger partial charge in [0, 0.05) is 6.07 Å². The number of aromatic nitrogens is 6. The third kappa shape index (κ3) is 1.80. The zero-order valence-corrected chi connectivity index (χ0v) is 9.74. The van der Waals surface area contributed by atoms with Gasteiger partial charge in [-0.05, 0) is 0 Å². The van der Waals surface area contributed by atoms with Crippen molar-refractivity contribution < 1.29 is 4.79 Å². The van der Waals surface area contributed by atoms with E-state index in [1.165, 1.54) is 32.8 Å². The summed E-state index contributed by atoms with van der Waals surface area (Å²) >= 11 is 1.28. The van der Waals surface area contributed by atoms with E-state index in [2.05, 4.69) is 20.4 Å². The Hall–Kier alpha value is -2.42.